The summed E-state index contributed by atoms with van der Waals surface area (Å²) in [6, 6.07) is 7.19. The smallest absolute Gasteiger partial charge is 0.229 e. The first-order valence-corrected chi connectivity index (χ1v) is 7.81. The van der Waals surface area contributed by atoms with Crippen LogP contribution in [0.25, 0.3) is 0 Å². The van der Waals surface area contributed by atoms with Gasteiger partial charge in [0.2, 0.25) is 11.8 Å². The number of methoxy groups -OCH3 is 1. The van der Waals surface area contributed by atoms with Crippen molar-refractivity contribution in [3.63, 3.8) is 0 Å². The van der Waals surface area contributed by atoms with Gasteiger partial charge in [-0.25, -0.2) is 0 Å². The second-order valence-corrected chi connectivity index (χ2v) is 5.58. The fraction of sp³-hybridized carbons (Fsp3) is 0.529. The second-order valence-electron chi connectivity index (χ2n) is 5.58. The van der Waals surface area contributed by atoms with E-state index >= 15 is 0 Å². The molecule has 2 amide bonds. The number of hydrogen-bond acceptors (Lipinski definition) is 4. The summed E-state index contributed by atoms with van der Waals surface area (Å²) in [5.74, 6) is 1.43. The summed E-state index contributed by atoms with van der Waals surface area (Å²) in [5.41, 5.74) is 0. The number of amides is 2. The molecular formula is C17H26N2O4. The number of hydrogen-bond donors (Lipinski definition) is 2. The van der Waals surface area contributed by atoms with E-state index in [1.807, 2.05) is 0 Å². The Morgan fingerprint density at radius 1 is 1.00 bits per heavy atom. The molecule has 0 aromatic heterocycles. The van der Waals surface area contributed by atoms with Crippen molar-refractivity contribution in [3.05, 3.63) is 24.3 Å². The van der Waals surface area contributed by atoms with Crippen LogP contribution in [0.2, 0.25) is 0 Å². The molecule has 0 aliphatic heterocycles. The maximum atomic E-state index is 11.6. The molecule has 0 saturated heterocycles. The first-order valence-electron chi connectivity index (χ1n) is 7.81. The maximum Gasteiger partial charge on any atom is 0.229 e. The first kappa shape index (κ1) is 18.8. The van der Waals surface area contributed by atoms with E-state index in [1.54, 1.807) is 31.4 Å². The third-order valence-corrected chi connectivity index (χ3v) is 3.12. The molecule has 1 rings (SSSR count). The number of carbonyl (C=O) groups is 2. The van der Waals surface area contributed by atoms with Gasteiger partial charge >= 0.3 is 0 Å². The summed E-state index contributed by atoms with van der Waals surface area (Å²) in [5, 5.41) is 5.39. The number of ether oxygens (including phenoxy) is 2. The standard InChI is InChI=1S/C17H26N2O4/c1-13(2)8-9-18-16(20)12-17(21)19-10-11-23-15-6-4-14(22-3)5-7-15/h4-7,13H,8-12H2,1-3H3,(H,18,20)(H,19,21). The van der Waals surface area contributed by atoms with Crippen LogP contribution in [0.15, 0.2) is 24.3 Å². The molecule has 6 nitrogen and oxygen atoms in total. The molecule has 0 heterocycles. The Morgan fingerprint density at radius 3 is 2.13 bits per heavy atom. The summed E-state index contributed by atoms with van der Waals surface area (Å²) < 4.78 is 10.5. The van der Waals surface area contributed by atoms with Crippen molar-refractivity contribution in [1.29, 1.82) is 0 Å². The molecule has 0 unspecified atom stereocenters. The predicted octanol–water partition coefficient (Wildman–Crippen LogP) is 1.74. The Labute approximate surface area is 137 Å². The van der Waals surface area contributed by atoms with Gasteiger partial charge in [-0.05, 0) is 36.6 Å². The number of rotatable bonds is 10. The van der Waals surface area contributed by atoms with Gasteiger partial charge in [-0.3, -0.25) is 9.59 Å². The Kier molecular flexibility index (Phi) is 8.57. The molecule has 0 spiro atoms. The number of carbonyl (C=O) groups excluding carboxylic acids is 2. The molecular weight excluding hydrogens is 296 g/mol. The van der Waals surface area contributed by atoms with E-state index < -0.39 is 0 Å². The van der Waals surface area contributed by atoms with E-state index in [4.69, 9.17) is 9.47 Å². The highest BCUT2D eigenvalue weighted by atomic mass is 16.5. The van der Waals surface area contributed by atoms with Gasteiger partial charge in [0.25, 0.3) is 0 Å². The van der Waals surface area contributed by atoms with Crippen LogP contribution in [0, 0.1) is 5.92 Å². The molecule has 0 aliphatic rings. The average molecular weight is 322 g/mol. The monoisotopic (exact) mass is 322 g/mol. The average Bonchev–Trinajstić information content (AvgIpc) is 2.51. The van der Waals surface area contributed by atoms with Gasteiger partial charge in [-0.1, -0.05) is 13.8 Å². The summed E-state index contributed by atoms with van der Waals surface area (Å²) >= 11 is 0. The lowest BCUT2D eigenvalue weighted by Gasteiger charge is -2.09. The van der Waals surface area contributed by atoms with Crippen molar-refractivity contribution in [2.75, 3.05) is 26.8 Å². The third kappa shape index (κ3) is 8.70. The minimum atomic E-state index is -0.301. The molecule has 23 heavy (non-hydrogen) atoms. The zero-order valence-corrected chi connectivity index (χ0v) is 14.1. The summed E-state index contributed by atoms with van der Waals surface area (Å²) in [6.07, 6.45) is 0.754. The molecule has 0 aliphatic carbocycles. The van der Waals surface area contributed by atoms with Crippen LogP contribution in [-0.4, -0.2) is 38.6 Å². The summed E-state index contributed by atoms with van der Waals surface area (Å²) in [4.78, 5) is 23.1. The maximum absolute atomic E-state index is 11.6. The van der Waals surface area contributed by atoms with Crippen molar-refractivity contribution >= 4 is 11.8 Å². The van der Waals surface area contributed by atoms with Gasteiger partial charge in [0, 0.05) is 6.54 Å². The highest BCUT2D eigenvalue weighted by Gasteiger charge is 2.08. The van der Waals surface area contributed by atoms with E-state index in [2.05, 4.69) is 24.5 Å². The van der Waals surface area contributed by atoms with Crippen LogP contribution in [-0.2, 0) is 9.59 Å². The normalized spacial score (nSPS) is 10.3. The molecule has 2 N–H and O–H groups in total. The van der Waals surface area contributed by atoms with E-state index in [9.17, 15) is 9.59 Å². The predicted molar refractivity (Wildman–Crippen MR) is 88.6 cm³/mol. The Bertz CT molecular complexity index is 486. The van der Waals surface area contributed by atoms with Crippen molar-refractivity contribution in [3.8, 4) is 11.5 Å². The van der Waals surface area contributed by atoms with Crippen LogP contribution in [0.4, 0.5) is 0 Å². The fourth-order valence-electron chi connectivity index (χ4n) is 1.80. The molecule has 6 heteroatoms. The van der Waals surface area contributed by atoms with Gasteiger partial charge < -0.3 is 20.1 Å². The summed E-state index contributed by atoms with van der Waals surface area (Å²) in [7, 11) is 1.60. The lowest BCUT2D eigenvalue weighted by atomic mass is 10.1. The van der Waals surface area contributed by atoms with Crippen molar-refractivity contribution < 1.29 is 19.1 Å². The highest BCUT2D eigenvalue weighted by Crippen LogP contribution is 2.16. The Hall–Kier alpha value is -2.24. The van der Waals surface area contributed by atoms with Gasteiger partial charge in [-0.15, -0.1) is 0 Å². The van der Waals surface area contributed by atoms with Gasteiger partial charge in [0.15, 0.2) is 0 Å². The topological polar surface area (TPSA) is 76.7 Å². The lowest BCUT2D eigenvalue weighted by Crippen LogP contribution is -2.34. The van der Waals surface area contributed by atoms with Gasteiger partial charge in [0.1, 0.15) is 24.5 Å². The van der Waals surface area contributed by atoms with Crippen LogP contribution in [0.1, 0.15) is 26.7 Å². The molecule has 1 aromatic carbocycles. The number of nitrogens with one attached hydrogen (secondary N) is 2. The molecule has 0 bridgehead atoms. The van der Waals surface area contributed by atoms with E-state index in [0.29, 0.717) is 31.4 Å². The van der Waals surface area contributed by atoms with Crippen LogP contribution >= 0.6 is 0 Å². The Balaban J connectivity index is 2.12. The molecule has 0 saturated carbocycles. The molecule has 0 fully saturated rings. The minimum absolute atomic E-state index is 0.152. The van der Waals surface area contributed by atoms with E-state index in [0.717, 1.165) is 12.2 Å². The van der Waals surface area contributed by atoms with Crippen LogP contribution < -0.4 is 20.1 Å². The third-order valence-electron chi connectivity index (χ3n) is 3.12. The SMILES string of the molecule is COc1ccc(OCCNC(=O)CC(=O)NCCC(C)C)cc1. The molecule has 1 aromatic rings. The fourth-order valence-corrected chi connectivity index (χ4v) is 1.80. The van der Waals surface area contributed by atoms with Crippen LogP contribution in [0.3, 0.4) is 0 Å². The summed E-state index contributed by atoms with van der Waals surface area (Å²) in [6.45, 7) is 5.46. The van der Waals surface area contributed by atoms with Crippen molar-refractivity contribution in [1.82, 2.24) is 10.6 Å². The Morgan fingerprint density at radius 2 is 1.57 bits per heavy atom. The van der Waals surface area contributed by atoms with Gasteiger partial charge in [0.05, 0.1) is 13.7 Å². The zero-order chi connectivity index (χ0) is 17.1. The van der Waals surface area contributed by atoms with E-state index in [-0.39, 0.29) is 18.2 Å². The molecule has 0 atom stereocenters. The molecule has 128 valence electrons. The quantitative estimate of drug-likeness (QED) is 0.508. The lowest BCUT2D eigenvalue weighted by molar-refractivity contribution is -0.129. The van der Waals surface area contributed by atoms with Gasteiger partial charge in [-0.2, -0.15) is 0 Å². The minimum Gasteiger partial charge on any atom is -0.497 e. The van der Waals surface area contributed by atoms with E-state index in [1.165, 1.54) is 0 Å². The zero-order valence-electron chi connectivity index (χ0n) is 14.1. The molecule has 0 radical (unpaired) electrons. The van der Waals surface area contributed by atoms with Crippen LogP contribution in [0.5, 0.6) is 11.5 Å². The number of benzene rings is 1. The van der Waals surface area contributed by atoms with Crippen molar-refractivity contribution in [2.45, 2.75) is 26.7 Å². The largest absolute Gasteiger partial charge is 0.497 e. The first-order chi connectivity index (χ1) is 11.0. The van der Waals surface area contributed by atoms with Crippen molar-refractivity contribution in [2.24, 2.45) is 5.92 Å². The second kappa shape index (κ2) is 10.5. The highest BCUT2D eigenvalue weighted by molar-refractivity contribution is 5.96.